The van der Waals surface area contributed by atoms with E-state index in [1.165, 1.54) is 60.2 Å². The molecule has 8 rings (SSSR count). The number of terminal acetylenes is 2. The number of benzene rings is 2. The molecule has 14 heteroatoms. The lowest BCUT2D eigenvalue weighted by atomic mass is 9.83. The molecule has 2 aromatic heterocycles. The minimum atomic E-state index is -0.420. The number of alkyl halides is 1. The smallest absolute Gasteiger partial charge is 0.250 e. The Labute approximate surface area is 432 Å². The van der Waals surface area contributed by atoms with E-state index in [2.05, 4.69) is 59.9 Å². The van der Waals surface area contributed by atoms with Crippen LogP contribution < -0.4 is 23.9 Å². The van der Waals surface area contributed by atoms with Crippen molar-refractivity contribution in [3.05, 3.63) is 111 Å². The van der Waals surface area contributed by atoms with Crippen molar-refractivity contribution in [1.82, 2.24) is 4.90 Å². The number of nitrogens with zero attached hydrogens (tertiary/aromatic N) is 2. The van der Waals surface area contributed by atoms with Crippen LogP contribution in [0.25, 0.3) is 0 Å². The van der Waals surface area contributed by atoms with Gasteiger partial charge in [0.05, 0.1) is 35.6 Å². The number of fused-ring (bicyclic) bond motifs is 2. The van der Waals surface area contributed by atoms with Crippen LogP contribution in [0.2, 0.25) is 10.0 Å². The van der Waals surface area contributed by atoms with Crippen molar-refractivity contribution >= 4 is 85.2 Å². The molecule has 4 aromatic rings. The molecule has 0 saturated heterocycles. The molecule has 4 heterocycles. The SMILES string of the molecule is BrCC1CCC1.C#C.C#CC.CCN1CCc2c(sc(CC(=O)Cc3ccc(Cl)cc3)c2C(N)=O)C1.CC[N+]1(CC2CCC2)CCc2c(sc(CC(=O)Cc3ccc(Cl)cc3)c2C(N)=O)C1.[Cl-]. The van der Waals surface area contributed by atoms with Gasteiger partial charge in [-0.1, -0.05) is 83.2 Å². The summed E-state index contributed by atoms with van der Waals surface area (Å²) in [6.07, 6.45) is 24.0. The van der Waals surface area contributed by atoms with E-state index in [9.17, 15) is 19.2 Å². The number of ketones is 2. The highest BCUT2D eigenvalue weighted by atomic mass is 79.9. The molecule has 0 spiro atoms. The number of hydrogen-bond acceptors (Lipinski definition) is 7. The highest BCUT2D eigenvalue weighted by molar-refractivity contribution is 9.09. The molecule has 2 aliphatic carbocycles. The summed E-state index contributed by atoms with van der Waals surface area (Å²) in [6.45, 7) is 13.2. The number of rotatable bonds is 15. The van der Waals surface area contributed by atoms with Gasteiger partial charge in [-0.05, 0) is 105 Å². The summed E-state index contributed by atoms with van der Waals surface area (Å²) >= 11 is 18.4. The number of nitrogens with two attached hydrogens (primary N) is 2. The number of likely N-dealkylation sites (N-methyl/N-ethyl adjacent to an activating group) is 2. The van der Waals surface area contributed by atoms with Crippen LogP contribution in [0.5, 0.6) is 0 Å². The first kappa shape index (κ1) is 57.8. The molecule has 2 amide bonds. The van der Waals surface area contributed by atoms with Crippen LogP contribution in [0.15, 0.2) is 48.5 Å². The van der Waals surface area contributed by atoms with Gasteiger partial charge in [-0.15, -0.1) is 47.9 Å². The number of hydrogen-bond donors (Lipinski definition) is 2. The highest BCUT2D eigenvalue weighted by Gasteiger charge is 2.39. The van der Waals surface area contributed by atoms with Crippen molar-refractivity contribution < 1.29 is 36.1 Å². The minimum Gasteiger partial charge on any atom is -1.00 e. The van der Waals surface area contributed by atoms with Gasteiger partial charge < -0.3 is 28.4 Å². The van der Waals surface area contributed by atoms with Crippen LogP contribution in [0, 0.1) is 37.0 Å². The second-order valence-electron chi connectivity index (χ2n) is 17.5. The van der Waals surface area contributed by atoms with Gasteiger partial charge in [0.25, 0.3) is 0 Å². The molecule has 67 heavy (non-hydrogen) atoms. The zero-order valence-corrected chi connectivity index (χ0v) is 44.6. The van der Waals surface area contributed by atoms with Crippen LogP contribution in [-0.4, -0.2) is 70.8 Å². The molecule has 1 atom stereocenters. The number of primary amides is 2. The summed E-state index contributed by atoms with van der Waals surface area (Å²) in [7, 11) is 0. The second kappa shape index (κ2) is 28.9. The minimum absolute atomic E-state index is 0. The normalized spacial score (nSPS) is 17.1. The predicted molar refractivity (Wildman–Crippen MR) is 279 cm³/mol. The van der Waals surface area contributed by atoms with Crippen LogP contribution in [0.3, 0.4) is 0 Å². The summed E-state index contributed by atoms with van der Waals surface area (Å²) in [5.41, 5.74) is 16.6. The van der Waals surface area contributed by atoms with Gasteiger partial charge in [0.2, 0.25) is 11.8 Å². The number of carbonyl (C=O) groups excluding carboxylic acids is 4. The van der Waals surface area contributed by atoms with Gasteiger partial charge in [-0.25, -0.2) is 0 Å². The number of thiophene rings is 2. The van der Waals surface area contributed by atoms with Crippen molar-refractivity contribution in [3.63, 3.8) is 0 Å². The third-order valence-electron chi connectivity index (χ3n) is 13.0. The Morgan fingerprint density at radius 2 is 1.21 bits per heavy atom. The molecule has 0 bridgehead atoms. The van der Waals surface area contributed by atoms with Crippen molar-refractivity contribution in [2.75, 3.05) is 38.1 Å². The molecule has 2 fully saturated rings. The van der Waals surface area contributed by atoms with Gasteiger partial charge in [-0.2, -0.15) is 0 Å². The predicted octanol–water partition coefficient (Wildman–Crippen LogP) is 7.85. The molecule has 8 nitrogen and oxygen atoms in total. The maximum atomic E-state index is 12.7. The van der Waals surface area contributed by atoms with Crippen molar-refractivity contribution in [3.8, 4) is 25.2 Å². The number of Topliss-reactive ketones (excluding diaryl/α,β-unsaturated/α-hetero) is 2. The van der Waals surface area contributed by atoms with Crippen LogP contribution in [0.1, 0.15) is 122 Å². The van der Waals surface area contributed by atoms with Gasteiger partial charge in [-0.3, -0.25) is 24.1 Å². The Morgan fingerprint density at radius 3 is 1.58 bits per heavy atom. The molecule has 0 radical (unpaired) electrons. The summed E-state index contributed by atoms with van der Waals surface area (Å²) in [4.78, 5) is 55.9. The third-order valence-corrected chi connectivity index (χ3v) is 16.8. The van der Waals surface area contributed by atoms with Crippen LogP contribution in [0.4, 0.5) is 0 Å². The van der Waals surface area contributed by atoms with Crippen LogP contribution in [-0.2, 0) is 61.2 Å². The van der Waals surface area contributed by atoms with E-state index >= 15 is 0 Å². The van der Waals surface area contributed by atoms with E-state index in [-0.39, 0.29) is 36.8 Å². The monoisotopic (exact) mass is 1070 g/mol. The second-order valence-corrected chi connectivity index (χ2v) is 21.4. The fourth-order valence-electron chi connectivity index (χ4n) is 8.87. The third kappa shape index (κ3) is 16.9. The lowest BCUT2D eigenvalue weighted by Crippen LogP contribution is -3.00. The Balaban J connectivity index is 0.000000290. The first-order chi connectivity index (χ1) is 31.7. The first-order valence-corrected chi connectivity index (χ1v) is 26.5. The lowest BCUT2D eigenvalue weighted by Gasteiger charge is -2.44. The van der Waals surface area contributed by atoms with E-state index in [1.807, 2.05) is 24.3 Å². The maximum absolute atomic E-state index is 12.7. The van der Waals surface area contributed by atoms with E-state index in [4.69, 9.17) is 34.7 Å². The molecule has 4 aliphatic rings. The topological polar surface area (TPSA) is 124 Å². The molecule has 362 valence electrons. The average Bonchev–Trinajstić information content (AvgIpc) is 3.81. The molecule has 2 aliphatic heterocycles. The van der Waals surface area contributed by atoms with E-state index < -0.39 is 11.8 Å². The number of carbonyl (C=O) groups is 4. The zero-order valence-electron chi connectivity index (χ0n) is 39.2. The van der Waals surface area contributed by atoms with E-state index in [1.54, 1.807) is 53.9 Å². The fourth-order valence-corrected chi connectivity index (χ4v) is 12.7. The first-order valence-electron chi connectivity index (χ1n) is 22.9. The molecule has 2 aromatic carbocycles. The molecule has 4 N–H and O–H groups in total. The Bertz CT molecular complexity index is 2310. The van der Waals surface area contributed by atoms with Crippen LogP contribution >= 0.6 is 61.8 Å². The molecular formula is C53H66BrCl3N4O4S2. The van der Waals surface area contributed by atoms with Gasteiger partial charge >= 0.3 is 0 Å². The number of halogens is 4. The summed E-state index contributed by atoms with van der Waals surface area (Å²) < 4.78 is 1.11. The van der Waals surface area contributed by atoms with E-state index in [0.29, 0.717) is 34.0 Å². The van der Waals surface area contributed by atoms with Crippen molar-refractivity contribution in [2.24, 2.45) is 23.3 Å². The molecule has 2 saturated carbocycles. The fraction of sp³-hybridized carbons (Fsp3) is 0.472. The quantitative estimate of drug-likeness (QED) is 0.0714. The lowest BCUT2D eigenvalue weighted by molar-refractivity contribution is -0.944. The highest BCUT2D eigenvalue weighted by Crippen LogP contribution is 2.39. The van der Waals surface area contributed by atoms with Crippen molar-refractivity contribution in [2.45, 2.75) is 111 Å². The average molecular weight is 1070 g/mol. The Kier molecular flexibility index (Phi) is 24.9. The molecular weight excluding hydrogens is 1010 g/mol. The van der Waals surface area contributed by atoms with Crippen molar-refractivity contribution in [1.29, 1.82) is 0 Å². The Morgan fingerprint density at radius 1 is 0.761 bits per heavy atom. The maximum Gasteiger partial charge on any atom is 0.250 e. The summed E-state index contributed by atoms with van der Waals surface area (Å²) in [5.74, 6) is 3.50. The zero-order chi connectivity index (χ0) is 48.4. The standard InChI is InChI=1S/C24H29ClN2O2S.C19H21ClN2O2S.C5H9Br.C3H4.C2H2.ClH/c1-2-27(14-17-4-3-5-17)11-10-20-22(15-27)30-21(23(20)24(26)29)13-19(28)12-16-6-8-18(25)9-7-16;1-2-22-8-7-15-17(11-22)25-16(18(15)19(21)24)10-14(23)9-12-3-5-13(20)6-4-12;6-4-5-2-1-3-5;1-3-2;1-2;/h6-9,17H,2-5,10-15H2,1H3,(H-,26,29);3-6H,2,7-11H2,1H3,(H2,21,24);5H,1-4H2;1H,2H3;1-2H;1H. The summed E-state index contributed by atoms with van der Waals surface area (Å²) in [5, 5.41) is 2.54. The number of amides is 2. The summed E-state index contributed by atoms with van der Waals surface area (Å²) in [6, 6.07) is 14.6. The number of quaternary nitrogens is 1. The van der Waals surface area contributed by atoms with Gasteiger partial charge in [0.15, 0.2) is 0 Å². The largest absolute Gasteiger partial charge is 1.00 e. The van der Waals surface area contributed by atoms with E-state index in [0.717, 1.165) is 100 Å². The Hall–Kier alpha value is -3.49. The van der Waals surface area contributed by atoms with Gasteiger partial charge in [0.1, 0.15) is 18.1 Å². The molecule has 1 unspecified atom stereocenters. The van der Waals surface area contributed by atoms with Gasteiger partial charge in [0, 0.05) is 81.1 Å².